The zero-order valence-electron chi connectivity index (χ0n) is 19.5. The Bertz CT molecular complexity index is 1240. The van der Waals surface area contributed by atoms with Crippen molar-refractivity contribution < 1.29 is 14.3 Å². The van der Waals surface area contributed by atoms with Crippen molar-refractivity contribution in [3.8, 4) is 11.8 Å². The van der Waals surface area contributed by atoms with Gasteiger partial charge in [0.15, 0.2) is 0 Å². The van der Waals surface area contributed by atoms with Crippen molar-refractivity contribution in [2.24, 2.45) is 5.92 Å². The zero-order valence-corrected chi connectivity index (χ0v) is 20.2. The summed E-state index contributed by atoms with van der Waals surface area (Å²) in [5.74, 6) is 0.616. The van der Waals surface area contributed by atoms with Crippen molar-refractivity contribution in [3.63, 3.8) is 0 Å². The maximum Gasteiger partial charge on any atom is 0.321 e. The highest BCUT2D eigenvalue weighted by molar-refractivity contribution is 6.31. The smallest absolute Gasteiger partial charge is 0.321 e. The summed E-state index contributed by atoms with van der Waals surface area (Å²) in [6, 6.07) is 13.9. The second-order valence-electron chi connectivity index (χ2n) is 9.19. The van der Waals surface area contributed by atoms with E-state index < -0.39 is 6.04 Å². The number of nitrogens with zero attached hydrogens (tertiary/aromatic N) is 3. The van der Waals surface area contributed by atoms with Gasteiger partial charge < -0.3 is 15.0 Å². The van der Waals surface area contributed by atoms with E-state index in [1.807, 2.05) is 17.9 Å². The third kappa shape index (κ3) is 5.00. The van der Waals surface area contributed by atoms with Crippen LogP contribution in [0.2, 0.25) is 5.02 Å². The first-order valence-corrected chi connectivity index (χ1v) is 12.3. The molecule has 1 saturated carbocycles. The molecule has 2 aliphatic rings. The monoisotopic (exact) mass is 490 g/mol. The predicted octanol–water partition coefficient (Wildman–Crippen LogP) is 5.64. The van der Waals surface area contributed by atoms with Crippen LogP contribution in [0.5, 0.6) is 11.8 Å². The molecule has 3 aromatic rings. The van der Waals surface area contributed by atoms with Crippen LogP contribution in [0.1, 0.15) is 48.0 Å². The molecule has 35 heavy (non-hydrogen) atoms. The lowest BCUT2D eigenvalue weighted by atomic mass is 9.84. The second-order valence-corrected chi connectivity index (χ2v) is 9.62. The lowest BCUT2D eigenvalue weighted by Crippen LogP contribution is -2.47. The Morgan fingerprint density at radius 3 is 2.63 bits per heavy atom. The molecule has 1 aliphatic heterocycles. The number of hydrogen-bond donors (Lipinski definition) is 1. The first-order chi connectivity index (χ1) is 17.0. The molecule has 3 unspecified atom stereocenters. The summed E-state index contributed by atoms with van der Waals surface area (Å²) in [4.78, 5) is 37.0. The van der Waals surface area contributed by atoms with Crippen LogP contribution in [-0.4, -0.2) is 38.8 Å². The molecule has 1 aliphatic carbocycles. The Balaban J connectivity index is 1.35. The summed E-state index contributed by atoms with van der Waals surface area (Å²) < 4.78 is 5.69. The van der Waals surface area contributed by atoms with Crippen molar-refractivity contribution in [1.82, 2.24) is 14.9 Å². The van der Waals surface area contributed by atoms with E-state index in [9.17, 15) is 9.59 Å². The molecule has 2 amide bonds. The van der Waals surface area contributed by atoms with Crippen LogP contribution in [0.4, 0.5) is 5.69 Å². The van der Waals surface area contributed by atoms with Crippen molar-refractivity contribution in [2.45, 2.75) is 51.1 Å². The predicted molar refractivity (Wildman–Crippen MR) is 134 cm³/mol. The first kappa shape index (κ1) is 23.3. The van der Waals surface area contributed by atoms with Crippen LogP contribution in [0.25, 0.3) is 0 Å². The van der Waals surface area contributed by atoms with Gasteiger partial charge >= 0.3 is 6.01 Å². The van der Waals surface area contributed by atoms with Gasteiger partial charge in [-0.15, -0.1) is 0 Å². The number of hydrogen-bond acceptors (Lipinski definition) is 5. The number of nitrogens with one attached hydrogen (secondary N) is 1. The molecule has 180 valence electrons. The molecular weight excluding hydrogens is 464 g/mol. The third-order valence-electron chi connectivity index (χ3n) is 6.90. The Labute approximate surface area is 209 Å². The molecule has 1 saturated heterocycles. The summed E-state index contributed by atoms with van der Waals surface area (Å²) >= 11 is 6.15. The maximum atomic E-state index is 13.6. The van der Waals surface area contributed by atoms with Gasteiger partial charge in [-0.3, -0.25) is 9.59 Å². The van der Waals surface area contributed by atoms with Gasteiger partial charge in [0.05, 0.1) is 0 Å². The molecule has 2 heterocycles. The van der Waals surface area contributed by atoms with Crippen LogP contribution in [0, 0.1) is 12.8 Å². The van der Waals surface area contributed by atoms with E-state index in [2.05, 4.69) is 15.3 Å². The number of halogens is 1. The van der Waals surface area contributed by atoms with E-state index >= 15 is 0 Å². The minimum absolute atomic E-state index is 0.0775. The molecule has 5 rings (SSSR count). The van der Waals surface area contributed by atoms with E-state index in [-0.39, 0.29) is 23.9 Å². The summed E-state index contributed by atoms with van der Waals surface area (Å²) in [5.41, 5.74) is 2.04. The van der Waals surface area contributed by atoms with E-state index in [1.165, 1.54) is 0 Å². The second kappa shape index (κ2) is 10.0. The number of rotatable bonds is 5. The molecule has 1 N–H and O–H groups in total. The Morgan fingerprint density at radius 2 is 1.86 bits per heavy atom. The molecule has 0 bridgehead atoms. The standard InChI is InChI=1S/C27H27ClN4O3/c1-17-14-21(35-27-29-12-5-13-30-27)10-11-22(17)31-25(33)24-16-18-6-2-3-9-23(18)32(24)26(34)19-7-4-8-20(28)15-19/h4-5,7-8,10-15,18,23-24H,2-3,6,9,16H2,1H3,(H,31,33). The number of aromatic nitrogens is 2. The normalized spacial score (nSPS) is 21.3. The highest BCUT2D eigenvalue weighted by Gasteiger charge is 2.47. The van der Waals surface area contributed by atoms with Crippen molar-refractivity contribution in [2.75, 3.05) is 5.32 Å². The molecule has 2 fully saturated rings. The highest BCUT2D eigenvalue weighted by Crippen LogP contribution is 2.41. The van der Waals surface area contributed by atoms with Crippen LogP contribution in [-0.2, 0) is 4.79 Å². The number of benzene rings is 2. The van der Waals surface area contributed by atoms with Gasteiger partial charge in [0.2, 0.25) is 5.91 Å². The van der Waals surface area contributed by atoms with E-state index in [0.717, 1.165) is 31.2 Å². The number of likely N-dealkylation sites (tertiary alicyclic amines) is 1. The summed E-state index contributed by atoms with van der Waals surface area (Å²) in [6.45, 7) is 1.90. The maximum absolute atomic E-state index is 13.6. The van der Waals surface area contributed by atoms with Crippen LogP contribution >= 0.6 is 11.6 Å². The van der Waals surface area contributed by atoms with Crippen LogP contribution < -0.4 is 10.1 Å². The van der Waals surface area contributed by atoms with Gasteiger partial charge in [-0.1, -0.05) is 30.5 Å². The minimum Gasteiger partial charge on any atom is -0.424 e. The number of aryl methyl sites for hydroxylation is 1. The fourth-order valence-corrected chi connectivity index (χ4v) is 5.45. The van der Waals surface area contributed by atoms with Crippen molar-refractivity contribution >= 4 is 29.1 Å². The van der Waals surface area contributed by atoms with Gasteiger partial charge in [0.1, 0.15) is 11.8 Å². The SMILES string of the molecule is Cc1cc(Oc2ncccn2)ccc1NC(=O)C1CC2CCCCC2N1C(=O)c1cccc(Cl)c1. The third-order valence-corrected chi connectivity index (χ3v) is 7.14. The fraction of sp³-hybridized carbons (Fsp3) is 0.333. The molecule has 0 radical (unpaired) electrons. The zero-order chi connectivity index (χ0) is 24.4. The molecule has 0 spiro atoms. The number of carbonyl (C=O) groups is 2. The molecule has 1 aromatic heterocycles. The summed E-state index contributed by atoms with van der Waals surface area (Å²) in [7, 11) is 0. The van der Waals surface area contributed by atoms with Gasteiger partial charge in [-0.25, -0.2) is 9.97 Å². The molecule has 3 atom stereocenters. The number of amides is 2. The van der Waals surface area contributed by atoms with Crippen LogP contribution in [0.3, 0.4) is 0 Å². The highest BCUT2D eigenvalue weighted by atomic mass is 35.5. The minimum atomic E-state index is -0.525. The lowest BCUT2D eigenvalue weighted by molar-refractivity contribution is -0.120. The van der Waals surface area contributed by atoms with E-state index in [1.54, 1.807) is 54.9 Å². The summed E-state index contributed by atoms with van der Waals surface area (Å²) in [6.07, 6.45) is 8.07. The molecule has 7 nitrogen and oxygen atoms in total. The number of fused-ring (bicyclic) bond motifs is 1. The van der Waals surface area contributed by atoms with Crippen molar-refractivity contribution in [1.29, 1.82) is 0 Å². The number of anilines is 1. The Kier molecular flexibility index (Phi) is 6.68. The largest absolute Gasteiger partial charge is 0.424 e. The topological polar surface area (TPSA) is 84.4 Å². The van der Waals surface area contributed by atoms with Gasteiger partial charge in [0.25, 0.3) is 5.91 Å². The van der Waals surface area contributed by atoms with Gasteiger partial charge in [-0.05, 0) is 80.1 Å². The lowest BCUT2D eigenvalue weighted by Gasteiger charge is -2.33. The number of ether oxygens (including phenoxy) is 1. The Hall–Kier alpha value is -3.45. The van der Waals surface area contributed by atoms with E-state index in [0.29, 0.717) is 34.4 Å². The summed E-state index contributed by atoms with van der Waals surface area (Å²) in [5, 5.41) is 3.56. The number of carbonyl (C=O) groups excluding carboxylic acids is 2. The van der Waals surface area contributed by atoms with Gasteiger partial charge in [0, 0.05) is 34.7 Å². The fourth-order valence-electron chi connectivity index (χ4n) is 5.26. The van der Waals surface area contributed by atoms with E-state index in [4.69, 9.17) is 16.3 Å². The Morgan fingerprint density at radius 1 is 1.06 bits per heavy atom. The average molecular weight is 491 g/mol. The molecule has 8 heteroatoms. The van der Waals surface area contributed by atoms with Crippen molar-refractivity contribution in [3.05, 3.63) is 77.1 Å². The van der Waals surface area contributed by atoms with Gasteiger partial charge in [-0.2, -0.15) is 0 Å². The molecular formula is C27H27ClN4O3. The first-order valence-electron chi connectivity index (χ1n) is 11.9. The average Bonchev–Trinajstić information content (AvgIpc) is 3.26. The van der Waals surface area contributed by atoms with Crippen LogP contribution in [0.15, 0.2) is 60.9 Å². The quantitative estimate of drug-likeness (QED) is 0.500. The molecule has 2 aromatic carbocycles.